The Morgan fingerprint density at radius 1 is 1.41 bits per heavy atom. The Labute approximate surface area is 104 Å². The summed E-state index contributed by atoms with van der Waals surface area (Å²) in [5.74, 6) is -1.35. The molecule has 3 atom stereocenters. The Morgan fingerprint density at radius 2 is 2.00 bits per heavy atom. The number of alkyl halides is 1. The fourth-order valence-electron chi connectivity index (χ4n) is 1.94. The molecular weight excluding hydrogens is 245 g/mol. The molecule has 1 aromatic rings. The standard InChI is InChI=1S/C12H13ClFNO2/c1-15(17-2)12(16)10-9(11(10)14)7-3-5-8(13)6-4-7/h3-6,9-11H,1-2H3/t9-,10-,11+/m1/s1. The van der Waals surface area contributed by atoms with Crippen LogP contribution in [0.5, 0.6) is 0 Å². The van der Waals surface area contributed by atoms with Gasteiger partial charge in [0.1, 0.15) is 6.17 Å². The lowest BCUT2D eigenvalue weighted by atomic mass is 10.1. The molecular formula is C12H13ClFNO2. The number of hydrogen-bond acceptors (Lipinski definition) is 2. The van der Waals surface area contributed by atoms with E-state index in [1.54, 1.807) is 24.3 Å². The van der Waals surface area contributed by atoms with E-state index in [4.69, 9.17) is 16.4 Å². The van der Waals surface area contributed by atoms with Gasteiger partial charge in [-0.05, 0) is 17.7 Å². The highest BCUT2D eigenvalue weighted by atomic mass is 35.5. The number of halogens is 2. The zero-order valence-electron chi connectivity index (χ0n) is 9.56. The monoisotopic (exact) mass is 257 g/mol. The third kappa shape index (κ3) is 2.28. The third-order valence-corrected chi connectivity index (χ3v) is 3.31. The van der Waals surface area contributed by atoms with Gasteiger partial charge in [0.25, 0.3) is 5.91 Å². The molecule has 0 heterocycles. The minimum atomic E-state index is -1.14. The molecule has 1 amide bonds. The fourth-order valence-corrected chi connectivity index (χ4v) is 2.07. The van der Waals surface area contributed by atoms with Crippen LogP contribution >= 0.6 is 11.6 Å². The molecule has 2 rings (SSSR count). The first-order valence-electron chi connectivity index (χ1n) is 5.27. The maximum absolute atomic E-state index is 13.6. The molecule has 92 valence electrons. The lowest BCUT2D eigenvalue weighted by Crippen LogP contribution is -2.27. The van der Waals surface area contributed by atoms with Gasteiger partial charge < -0.3 is 0 Å². The number of nitrogens with zero attached hydrogens (tertiary/aromatic N) is 1. The van der Waals surface area contributed by atoms with Crippen molar-refractivity contribution >= 4 is 17.5 Å². The molecule has 0 N–H and O–H groups in total. The van der Waals surface area contributed by atoms with Gasteiger partial charge in [-0.2, -0.15) is 0 Å². The number of rotatable bonds is 3. The molecule has 0 saturated heterocycles. The van der Waals surface area contributed by atoms with Crippen LogP contribution in [0, 0.1) is 5.92 Å². The smallest absolute Gasteiger partial charge is 0.252 e. The zero-order valence-corrected chi connectivity index (χ0v) is 10.3. The van der Waals surface area contributed by atoms with E-state index in [2.05, 4.69) is 0 Å². The van der Waals surface area contributed by atoms with Crippen molar-refractivity contribution in [1.82, 2.24) is 5.06 Å². The van der Waals surface area contributed by atoms with Crippen molar-refractivity contribution in [2.45, 2.75) is 12.1 Å². The highest BCUT2D eigenvalue weighted by Gasteiger charge is 2.57. The van der Waals surface area contributed by atoms with Gasteiger partial charge in [0.05, 0.1) is 13.0 Å². The van der Waals surface area contributed by atoms with Crippen LogP contribution in [0.15, 0.2) is 24.3 Å². The van der Waals surface area contributed by atoms with Crippen LogP contribution in [-0.2, 0) is 9.63 Å². The normalized spacial score (nSPS) is 26.7. The van der Waals surface area contributed by atoms with E-state index < -0.39 is 12.1 Å². The Bertz CT molecular complexity index is 423. The molecule has 0 aliphatic heterocycles. The summed E-state index contributed by atoms with van der Waals surface area (Å²) in [5.41, 5.74) is 0.796. The second-order valence-electron chi connectivity index (χ2n) is 4.07. The Kier molecular flexibility index (Phi) is 3.35. The largest absolute Gasteiger partial charge is 0.275 e. The molecule has 0 radical (unpaired) electrons. The number of carbonyl (C=O) groups is 1. The molecule has 1 aliphatic carbocycles. The van der Waals surface area contributed by atoms with Gasteiger partial charge in [-0.1, -0.05) is 23.7 Å². The first-order chi connectivity index (χ1) is 8.06. The third-order valence-electron chi connectivity index (χ3n) is 3.06. The van der Waals surface area contributed by atoms with E-state index in [9.17, 15) is 9.18 Å². The molecule has 17 heavy (non-hydrogen) atoms. The Hall–Kier alpha value is -1.13. The first kappa shape index (κ1) is 12.3. The Morgan fingerprint density at radius 3 is 2.53 bits per heavy atom. The van der Waals surface area contributed by atoms with E-state index in [-0.39, 0.29) is 11.8 Å². The minimum Gasteiger partial charge on any atom is -0.275 e. The molecule has 0 aromatic heterocycles. The lowest BCUT2D eigenvalue weighted by molar-refractivity contribution is -0.170. The maximum Gasteiger partial charge on any atom is 0.252 e. The van der Waals surface area contributed by atoms with Crippen LogP contribution in [0.4, 0.5) is 4.39 Å². The van der Waals surface area contributed by atoms with E-state index in [0.29, 0.717) is 5.02 Å². The number of hydroxylamine groups is 2. The van der Waals surface area contributed by atoms with Crippen LogP contribution in [0.1, 0.15) is 11.5 Å². The van der Waals surface area contributed by atoms with Crippen molar-refractivity contribution in [2.24, 2.45) is 5.92 Å². The van der Waals surface area contributed by atoms with Gasteiger partial charge in [0.15, 0.2) is 0 Å². The second kappa shape index (κ2) is 4.63. The topological polar surface area (TPSA) is 29.5 Å². The zero-order chi connectivity index (χ0) is 12.6. The van der Waals surface area contributed by atoms with Crippen molar-refractivity contribution in [1.29, 1.82) is 0 Å². The molecule has 1 saturated carbocycles. The number of hydrogen-bond donors (Lipinski definition) is 0. The SMILES string of the molecule is CON(C)C(=O)[C@H]1[C@@H](F)[C@@H]1c1ccc(Cl)cc1. The summed E-state index contributed by atoms with van der Waals surface area (Å²) in [4.78, 5) is 16.5. The van der Waals surface area contributed by atoms with E-state index in [1.165, 1.54) is 14.2 Å². The van der Waals surface area contributed by atoms with Gasteiger partial charge in [0.2, 0.25) is 0 Å². The van der Waals surface area contributed by atoms with Crippen LogP contribution in [0.3, 0.4) is 0 Å². The average molecular weight is 258 g/mol. The summed E-state index contributed by atoms with van der Waals surface area (Å²) >= 11 is 5.76. The van der Waals surface area contributed by atoms with Gasteiger partial charge in [-0.25, -0.2) is 9.45 Å². The molecule has 5 heteroatoms. The molecule has 1 aromatic carbocycles. The molecule has 1 fully saturated rings. The highest BCUT2D eigenvalue weighted by Crippen LogP contribution is 2.51. The van der Waals surface area contributed by atoms with E-state index in [1.807, 2.05) is 0 Å². The first-order valence-corrected chi connectivity index (χ1v) is 5.65. The van der Waals surface area contributed by atoms with Crippen LogP contribution in [0.2, 0.25) is 5.02 Å². The summed E-state index contributed by atoms with van der Waals surface area (Å²) in [7, 11) is 2.86. The van der Waals surface area contributed by atoms with Crippen molar-refractivity contribution in [2.75, 3.05) is 14.2 Å². The van der Waals surface area contributed by atoms with Crippen molar-refractivity contribution in [3.8, 4) is 0 Å². The summed E-state index contributed by atoms with van der Waals surface area (Å²) in [6.45, 7) is 0. The number of amides is 1. The summed E-state index contributed by atoms with van der Waals surface area (Å²) in [6, 6.07) is 6.90. The number of carbonyl (C=O) groups excluding carboxylic acids is 1. The van der Waals surface area contributed by atoms with Gasteiger partial charge in [-0.15, -0.1) is 0 Å². The molecule has 3 nitrogen and oxygen atoms in total. The predicted octanol–water partition coefficient (Wildman–Crippen LogP) is 2.41. The lowest BCUT2D eigenvalue weighted by Gasteiger charge is -2.12. The van der Waals surface area contributed by atoms with Crippen molar-refractivity contribution in [3.05, 3.63) is 34.9 Å². The van der Waals surface area contributed by atoms with Crippen LogP contribution in [0.25, 0.3) is 0 Å². The Balaban J connectivity index is 2.10. The van der Waals surface area contributed by atoms with E-state index in [0.717, 1.165) is 10.6 Å². The summed E-state index contributed by atoms with van der Waals surface area (Å²) in [6.07, 6.45) is -1.14. The van der Waals surface area contributed by atoms with Gasteiger partial charge >= 0.3 is 0 Å². The molecule has 1 aliphatic rings. The van der Waals surface area contributed by atoms with E-state index >= 15 is 0 Å². The van der Waals surface area contributed by atoms with Gasteiger partial charge in [-0.3, -0.25) is 9.63 Å². The molecule has 0 unspecified atom stereocenters. The summed E-state index contributed by atoms with van der Waals surface area (Å²) < 4.78 is 13.6. The average Bonchev–Trinajstić information content (AvgIpc) is 3.00. The number of benzene rings is 1. The minimum absolute atomic E-state index is 0.333. The van der Waals surface area contributed by atoms with Gasteiger partial charge in [0, 0.05) is 18.0 Å². The second-order valence-corrected chi connectivity index (χ2v) is 4.50. The predicted molar refractivity (Wildman–Crippen MR) is 62.4 cm³/mol. The van der Waals surface area contributed by atoms with Crippen molar-refractivity contribution in [3.63, 3.8) is 0 Å². The quantitative estimate of drug-likeness (QED) is 0.779. The fraction of sp³-hybridized carbons (Fsp3) is 0.417. The maximum atomic E-state index is 13.6. The van der Waals surface area contributed by atoms with Crippen LogP contribution < -0.4 is 0 Å². The van der Waals surface area contributed by atoms with Crippen LogP contribution in [-0.4, -0.2) is 31.3 Å². The van der Waals surface area contributed by atoms with Crippen molar-refractivity contribution < 1.29 is 14.0 Å². The summed E-state index contributed by atoms with van der Waals surface area (Å²) in [5, 5.41) is 1.66. The highest BCUT2D eigenvalue weighted by molar-refractivity contribution is 6.30. The molecule has 0 spiro atoms. The molecule has 0 bridgehead atoms.